The number of ether oxygens (including phenoxy) is 1. The number of carbonyl (C=O) groups excluding carboxylic acids is 2. The van der Waals surface area contributed by atoms with Crippen molar-refractivity contribution in [1.82, 2.24) is 0 Å². The van der Waals surface area contributed by atoms with E-state index in [0.717, 1.165) is 25.0 Å². The largest absolute Gasteiger partial charge is 0.453 e. The Labute approximate surface area is 153 Å². The summed E-state index contributed by atoms with van der Waals surface area (Å²) in [5.41, 5.74) is -0.540. The van der Waals surface area contributed by atoms with Crippen LogP contribution in [-0.2, 0) is 14.3 Å². The van der Waals surface area contributed by atoms with Crippen LogP contribution in [0.2, 0.25) is 0 Å². The normalized spacial score (nSPS) is 18.0. The molecule has 1 aromatic carbocycles. The molecule has 1 fully saturated rings. The maximum absolute atomic E-state index is 13.5. The molecule has 1 amide bonds. The molecule has 1 saturated heterocycles. The number of rotatable bonds is 8. The van der Waals surface area contributed by atoms with Crippen molar-refractivity contribution in [3.05, 3.63) is 29.8 Å². The van der Waals surface area contributed by atoms with E-state index in [4.69, 9.17) is 4.74 Å². The number of hydrogen-bond acceptors (Lipinski definition) is 5. The number of esters is 1. The molecule has 25 heavy (non-hydrogen) atoms. The summed E-state index contributed by atoms with van der Waals surface area (Å²) in [6.07, 6.45) is 3.05. The summed E-state index contributed by atoms with van der Waals surface area (Å²) in [6, 6.07) is 3.28. The van der Waals surface area contributed by atoms with Gasteiger partial charge in [0.15, 0.2) is 6.10 Å². The predicted molar refractivity (Wildman–Crippen MR) is 97.5 cm³/mol. The molecule has 8 heteroatoms. The molecular weight excluding hydrogens is 368 g/mol. The van der Waals surface area contributed by atoms with Crippen LogP contribution in [-0.4, -0.2) is 29.0 Å². The Bertz CT molecular complexity index is 589. The van der Waals surface area contributed by atoms with Gasteiger partial charge in [0.2, 0.25) is 0 Å². The van der Waals surface area contributed by atoms with E-state index in [1.54, 1.807) is 0 Å². The zero-order valence-corrected chi connectivity index (χ0v) is 15.6. The quantitative estimate of drug-likeness (QED) is 0.402. The molecule has 1 aliphatic heterocycles. The number of benzene rings is 1. The van der Waals surface area contributed by atoms with Crippen LogP contribution >= 0.6 is 21.6 Å². The number of hydrogen-bond donors (Lipinski definition) is 1. The van der Waals surface area contributed by atoms with Crippen LogP contribution < -0.4 is 5.32 Å². The third kappa shape index (κ3) is 6.51. The molecule has 0 saturated carbocycles. The van der Waals surface area contributed by atoms with Crippen molar-refractivity contribution in [2.45, 2.75) is 50.4 Å². The van der Waals surface area contributed by atoms with Crippen LogP contribution in [0.4, 0.5) is 14.5 Å². The number of amides is 1. The lowest BCUT2D eigenvalue weighted by Crippen LogP contribution is -2.30. The fourth-order valence-corrected chi connectivity index (χ4v) is 5.39. The first-order valence-corrected chi connectivity index (χ1v) is 10.6. The lowest BCUT2D eigenvalue weighted by Gasteiger charge is -2.14. The highest BCUT2D eigenvalue weighted by atomic mass is 33.1. The van der Waals surface area contributed by atoms with Crippen molar-refractivity contribution in [1.29, 1.82) is 0 Å². The van der Waals surface area contributed by atoms with Gasteiger partial charge in [-0.1, -0.05) is 34.1 Å². The van der Waals surface area contributed by atoms with Gasteiger partial charge in [0.1, 0.15) is 17.3 Å². The Morgan fingerprint density at radius 3 is 2.68 bits per heavy atom. The number of anilines is 1. The van der Waals surface area contributed by atoms with Gasteiger partial charge in [-0.05, 0) is 38.3 Å². The molecule has 1 aromatic rings. The Hall–Kier alpha value is -1.28. The summed E-state index contributed by atoms with van der Waals surface area (Å²) in [6.45, 7) is 1.37. The molecule has 1 heterocycles. The monoisotopic (exact) mass is 389 g/mol. The second kappa shape index (κ2) is 10.0. The van der Waals surface area contributed by atoms with Gasteiger partial charge < -0.3 is 10.1 Å². The zero-order valence-electron chi connectivity index (χ0n) is 13.9. The van der Waals surface area contributed by atoms with Gasteiger partial charge in [-0.2, -0.15) is 0 Å². The van der Waals surface area contributed by atoms with Crippen LogP contribution in [0, 0.1) is 11.6 Å². The molecule has 0 aromatic heterocycles. The fraction of sp³-hybridized carbons (Fsp3) is 0.529. The summed E-state index contributed by atoms with van der Waals surface area (Å²) in [5, 5.41) is 2.78. The smallest absolute Gasteiger partial charge is 0.306 e. The molecule has 0 radical (unpaired) electrons. The summed E-state index contributed by atoms with van der Waals surface area (Å²) in [4.78, 5) is 23.7. The third-order valence-electron chi connectivity index (χ3n) is 3.77. The summed E-state index contributed by atoms with van der Waals surface area (Å²) in [5.74, 6) is -1.82. The number of nitrogens with one attached hydrogen (secondary N) is 1. The summed E-state index contributed by atoms with van der Waals surface area (Å²) in [7, 11) is 3.79. The van der Waals surface area contributed by atoms with Gasteiger partial charge in [0.25, 0.3) is 5.91 Å². The van der Waals surface area contributed by atoms with Gasteiger partial charge >= 0.3 is 5.97 Å². The molecule has 0 spiro atoms. The molecule has 0 aliphatic carbocycles. The van der Waals surface area contributed by atoms with Crippen LogP contribution in [0.1, 0.15) is 39.0 Å². The summed E-state index contributed by atoms with van der Waals surface area (Å²) >= 11 is 0. The number of unbranched alkanes of at least 4 members (excludes halogenated alkanes) is 1. The Morgan fingerprint density at radius 2 is 2.04 bits per heavy atom. The van der Waals surface area contributed by atoms with Gasteiger partial charge in [-0.3, -0.25) is 9.59 Å². The highest BCUT2D eigenvalue weighted by Crippen LogP contribution is 2.39. The van der Waals surface area contributed by atoms with E-state index in [2.05, 4.69) is 5.32 Å². The van der Waals surface area contributed by atoms with E-state index in [1.165, 1.54) is 25.2 Å². The molecule has 1 aliphatic rings. The minimum Gasteiger partial charge on any atom is -0.453 e. The average Bonchev–Trinajstić information content (AvgIpc) is 3.08. The van der Waals surface area contributed by atoms with Gasteiger partial charge in [-0.15, -0.1) is 0 Å². The molecule has 4 nitrogen and oxygen atoms in total. The lowest BCUT2D eigenvalue weighted by atomic mass is 10.1. The maximum Gasteiger partial charge on any atom is 0.306 e. The van der Waals surface area contributed by atoms with E-state index in [0.29, 0.717) is 11.7 Å². The first-order chi connectivity index (χ1) is 12.0. The van der Waals surface area contributed by atoms with Crippen LogP contribution in [0.5, 0.6) is 0 Å². The maximum atomic E-state index is 13.5. The van der Waals surface area contributed by atoms with Crippen LogP contribution in [0.15, 0.2) is 18.2 Å². The third-order valence-corrected chi connectivity index (χ3v) is 6.78. The zero-order chi connectivity index (χ0) is 18.2. The van der Waals surface area contributed by atoms with E-state index in [9.17, 15) is 18.4 Å². The van der Waals surface area contributed by atoms with Crippen molar-refractivity contribution in [2.75, 3.05) is 11.1 Å². The average molecular weight is 389 g/mol. The highest BCUT2D eigenvalue weighted by molar-refractivity contribution is 8.77. The molecular formula is C17H21F2NO3S2. The molecule has 0 bridgehead atoms. The molecule has 2 atom stereocenters. The second-order valence-corrected chi connectivity index (χ2v) is 8.58. The Balaban J connectivity index is 1.69. The minimum atomic E-state index is -1.12. The second-order valence-electron chi connectivity index (χ2n) is 5.79. The standard InChI is InChI=1S/C17H21F2NO3S2/c1-11(17(22)20-16-13(18)6-4-7-14(16)19)23-15(21)8-3-2-5-12-9-10-24-25-12/h4,6-7,11-12H,2-3,5,8-10H2,1H3,(H,20,22)/t11-,12-/m0/s1. The molecule has 138 valence electrons. The van der Waals surface area contributed by atoms with E-state index in [-0.39, 0.29) is 6.42 Å². The van der Waals surface area contributed by atoms with Gasteiger partial charge in [0, 0.05) is 17.4 Å². The van der Waals surface area contributed by atoms with Gasteiger partial charge in [-0.25, -0.2) is 8.78 Å². The number of halogens is 2. The first kappa shape index (κ1) is 20.0. The SMILES string of the molecule is C[C@H](OC(=O)CCCC[C@H]1CCSS1)C(=O)Nc1c(F)cccc1F. The minimum absolute atomic E-state index is 0.232. The van der Waals surface area contributed by atoms with E-state index in [1.807, 2.05) is 21.6 Å². The van der Waals surface area contributed by atoms with Crippen molar-refractivity contribution in [3.63, 3.8) is 0 Å². The van der Waals surface area contributed by atoms with Crippen molar-refractivity contribution >= 4 is 39.2 Å². The first-order valence-electron chi connectivity index (χ1n) is 8.20. The lowest BCUT2D eigenvalue weighted by molar-refractivity contribution is -0.153. The van der Waals surface area contributed by atoms with Crippen LogP contribution in [0.25, 0.3) is 0 Å². The van der Waals surface area contributed by atoms with Crippen molar-refractivity contribution < 1.29 is 23.1 Å². The predicted octanol–water partition coefficient (Wildman–Crippen LogP) is 4.55. The van der Waals surface area contributed by atoms with E-state index < -0.39 is 35.3 Å². The van der Waals surface area contributed by atoms with Crippen molar-refractivity contribution in [2.24, 2.45) is 0 Å². The molecule has 1 N–H and O–H groups in total. The molecule has 2 rings (SSSR count). The van der Waals surface area contributed by atoms with Crippen LogP contribution in [0.3, 0.4) is 0 Å². The topological polar surface area (TPSA) is 55.4 Å². The Kier molecular flexibility index (Phi) is 8.02. The van der Waals surface area contributed by atoms with E-state index >= 15 is 0 Å². The number of carbonyl (C=O) groups is 2. The summed E-state index contributed by atoms with van der Waals surface area (Å²) < 4.78 is 32.0. The van der Waals surface area contributed by atoms with Gasteiger partial charge in [0.05, 0.1) is 0 Å². The highest BCUT2D eigenvalue weighted by Gasteiger charge is 2.21. The number of para-hydroxylation sites is 1. The molecule has 0 unspecified atom stereocenters. The van der Waals surface area contributed by atoms with Crippen molar-refractivity contribution in [3.8, 4) is 0 Å². The Morgan fingerprint density at radius 1 is 1.32 bits per heavy atom. The fourth-order valence-electron chi connectivity index (χ4n) is 2.36.